The number of hydrogen-bond donors (Lipinski definition) is 1. The molecule has 0 spiro atoms. The Morgan fingerprint density at radius 3 is 2.84 bits per heavy atom. The molecule has 2 aromatic rings. The van der Waals surface area contributed by atoms with Gasteiger partial charge in [0.15, 0.2) is 0 Å². The van der Waals surface area contributed by atoms with E-state index >= 15 is 0 Å². The van der Waals surface area contributed by atoms with E-state index in [1.54, 1.807) is 12.1 Å². The molecule has 1 aromatic heterocycles. The van der Waals surface area contributed by atoms with Crippen molar-refractivity contribution >= 4 is 29.1 Å². The summed E-state index contributed by atoms with van der Waals surface area (Å²) in [6.45, 7) is 0.727. The SMILES string of the molecule is Nc1onc(C2CCCO2)c1-c1ccc(Cl)cc1Cl. The zero-order valence-corrected chi connectivity index (χ0v) is 11.5. The van der Waals surface area contributed by atoms with Crippen LogP contribution in [0.15, 0.2) is 22.7 Å². The van der Waals surface area contributed by atoms with Crippen LogP contribution < -0.4 is 5.73 Å². The van der Waals surface area contributed by atoms with Gasteiger partial charge < -0.3 is 15.0 Å². The minimum atomic E-state index is -0.0807. The van der Waals surface area contributed by atoms with Crippen molar-refractivity contribution in [1.82, 2.24) is 5.16 Å². The molecule has 2 heterocycles. The lowest BCUT2D eigenvalue weighted by Crippen LogP contribution is -1.99. The van der Waals surface area contributed by atoms with Gasteiger partial charge in [0.1, 0.15) is 11.8 Å². The second-order valence-corrected chi connectivity index (χ2v) is 5.28. The first-order valence-electron chi connectivity index (χ1n) is 5.99. The number of benzene rings is 1. The third-order valence-electron chi connectivity index (χ3n) is 3.18. The first-order chi connectivity index (χ1) is 9.16. The van der Waals surface area contributed by atoms with Gasteiger partial charge in [-0.05, 0) is 25.0 Å². The van der Waals surface area contributed by atoms with E-state index in [2.05, 4.69) is 5.16 Å². The van der Waals surface area contributed by atoms with Gasteiger partial charge in [0.25, 0.3) is 0 Å². The molecule has 0 amide bonds. The number of ether oxygens (including phenoxy) is 1. The van der Waals surface area contributed by atoms with Crippen molar-refractivity contribution in [2.45, 2.75) is 18.9 Å². The normalized spacial score (nSPS) is 18.9. The maximum atomic E-state index is 6.22. The predicted octanol–water partition coefficient (Wildman–Crippen LogP) is 4.08. The molecular weight excluding hydrogens is 287 g/mol. The molecule has 1 atom stereocenters. The Balaban J connectivity index is 2.10. The summed E-state index contributed by atoms with van der Waals surface area (Å²) in [6.07, 6.45) is 1.83. The molecule has 0 radical (unpaired) electrons. The Morgan fingerprint density at radius 1 is 1.32 bits per heavy atom. The fraction of sp³-hybridized carbons (Fsp3) is 0.308. The maximum absolute atomic E-state index is 6.22. The Bertz CT molecular complexity index is 607. The maximum Gasteiger partial charge on any atom is 0.230 e. The highest BCUT2D eigenvalue weighted by atomic mass is 35.5. The fourth-order valence-electron chi connectivity index (χ4n) is 2.29. The lowest BCUT2D eigenvalue weighted by atomic mass is 10.0. The summed E-state index contributed by atoms with van der Waals surface area (Å²) >= 11 is 12.1. The van der Waals surface area contributed by atoms with Crippen molar-refractivity contribution in [3.05, 3.63) is 33.9 Å². The van der Waals surface area contributed by atoms with Gasteiger partial charge in [0.2, 0.25) is 5.88 Å². The van der Waals surface area contributed by atoms with Crippen LogP contribution in [-0.4, -0.2) is 11.8 Å². The predicted molar refractivity (Wildman–Crippen MR) is 74.3 cm³/mol. The van der Waals surface area contributed by atoms with E-state index in [0.717, 1.165) is 25.0 Å². The van der Waals surface area contributed by atoms with E-state index in [1.165, 1.54) is 0 Å². The van der Waals surface area contributed by atoms with E-state index in [4.69, 9.17) is 38.2 Å². The van der Waals surface area contributed by atoms with E-state index in [-0.39, 0.29) is 12.0 Å². The zero-order valence-electron chi connectivity index (χ0n) is 10.0. The second-order valence-electron chi connectivity index (χ2n) is 4.43. The van der Waals surface area contributed by atoms with Crippen LogP contribution in [-0.2, 0) is 4.74 Å². The van der Waals surface area contributed by atoms with Crippen LogP contribution in [0.25, 0.3) is 11.1 Å². The summed E-state index contributed by atoms with van der Waals surface area (Å²) in [6, 6.07) is 5.24. The number of hydrogen-bond acceptors (Lipinski definition) is 4. The molecule has 3 rings (SSSR count). The summed E-state index contributed by atoms with van der Waals surface area (Å²) < 4.78 is 10.7. The molecule has 0 bridgehead atoms. The monoisotopic (exact) mass is 298 g/mol. The molecule has 1 aromatic carbocycles. The summed E-state index contributed by atoms with van der Waals surface area (Å²) in [5, 5.41) is 5.11. The first kappa shape index (κ1) is 12.8. The smallest absolute Gasteiger partial charge is 0.230 e. The van der Waals surface area contributed by atoms with Gasteiger partial charge in [0, 0.05) is 17.2 Å². The largest absolute Gasteiger partial charge is 0.372 e. The minimum Gasteiger partial charge on any atom is -0.372 e. The highest BCUT2D eigenvalue weighted by Gasteiger charge is 2.28. The van der Waals surface area contributed by atoms with Gasteiger partial charge in [-0.15, -0.1) is 0 Å². The molecule has 1 fully saturated rings. The van der Waals surface area contributed by atoms with Gasteiger partial charge in [0.05, 0.1) is 10.6 Å². The summed E-state index contributed by atoms with van der Waals surface area (Å²) in [4.78, 5) is 0. The molecular formula is C13H12Cl2N2O2. The Hall–Kier alpha value is -1.23. The number of nitrogen functional groups attached to an aromatic ring is 1. The molecule has 1 unspecified atom stereocenters. The van der Waals surface area contributed by atoms with Crippen molar-refractivity contribution in [1.29, 1.82) is 0 Å². The highest BCUT2D eigenvalue weighted by Crippen LogP contribution is 2.41. The molecule has 19 heavy (non-hydrogen) atoms. The van der Waals surface area contributed by atoms with Crippen molar-refractivity contribution in [2.75, 3.05) is 12.3 Å². The van der Waals surface area contributed by atoms with E-state index in [1.807, 2.05) is 6.07 Å². The fourth-order valence-corrected chi connectivity index (χ4v) is 2.79. The summed E-state index contributed by atoms with van der Waals surface area (Å²) in [5.74, 6) is 0.245. The lowest BCUT2D eigenvalue weighted by molar-refractivity contribution is 0.106. The van der Waals surface area contributed by atoms with Crippen molar-refractivity contribution in [3.8, 4) is 11.1 Å². The molecule has 6 heteroatoms. The van der Waals surface area contributed by atoms with Crippen LogP contribution in [0.1, 0.15) is 24.6 Å². The molecule has 1 saturated heterocycles. The van der Waals surface area contributed by atoms with Gasteiger partial charge >= 0.3 is 0 Å². The third kappa shape index (κ3) is 2.31. The van der Waals surface area contributed by atoms with Crippen molar-refractivity contribution < 1.29 is 9.26 Å². The molecule has 4 nitrogen and oxygen atoms in total. The second kappa shape index (κ2) is 5.04. The van der Waals surface area contributed by atoms with Crippen molar-refractivity contribution in [2.24, 2.45) is 0 Å². The standard InChI is InChI=1S/C13H12Cl2N2O2/c14-7-3-4-8(9(15)6-7)11-12(17-19-13(11)16)10-2-1-5-18-10/h3-4,6,10H,1-2,5,16H2. The Kier molecular flexibility index (Phi) is 3.39. The number of nitrogens with two attached hydrogens (primary N) is 1. The van der Waals surface area contributed by atoms with Gasteiger partial charge in [-0.25, -0.2) is 0 Å². The van der Waals surface area contributed by atoms with Crippen LogP contribution >= 0.6 is 23.2 Å². The average Bonchev–Trinajstić information content (AvgIpc) is 2.99. The Labute approximate surface area is 120 Å². The summed E-state index contributed by atoms with van der Waals surface area (Å²) in [5.41, 5.74) is 8.04. The van der Waals surface area contributed by atoms with Crippen LogP contribution in [0.2, 0.25) is 10.0 Å². The third-order valence-corrected chi connectivity index (χ3v) is 3.73. The van der Waals surface area contributed by atoms with Crippen LogP contribution in [0.3, 0.4) is 0 Å². The molecule has 2 N–H and O–H groups in total. The van der Waals surface area contributed by atoms with E-state index in [9.17, 15) is 0 Å². The molecule has 1 aliphatic rings. The lowest BCUT2D eigenvalue weighted by Gasteiger charge is -2.09. The number of halogens is 2. The van der Waals surface area contributed by atoms with Crippen LogP contribution in [0.4, 0.5) is 5.88 Å². The number of rotatable bonds is 2. The first-order valence-corrected chi connectivity index (χ1v) is 6.74. The highest BCUT2D eigenvalue weighted by molar-refractivity contribution is 6.36. The van der Waals surface area contributed by atoms with E-state index in [0.29, 0.717) is 21.3 Å². The topological polar surface area (TPSA) is 61.3 Å². The van der Waals surface area contributed by atoms with Gasteiger partial charge in [-0.2, -0.15) is 0 Å². The average molecular weight is 299 g/mol. The van der Waals surface area contributed by atoms with Crippen LogP contribution in [0, 0.1) is 0 Å². The molecule has 0 saturated carbocycles. The zero-order chi connectivity index (χ0) is 13.4. The van der Waals surface area contributed by atoms with Gasteiger partial charge in [-0.1, -0.05) is 34.4 Å². The minimum absolute atomic E-state index is 0.0807. The summed E-state index contributed by atoms with van der Waals surface area (Å²) in [7, 11) is 0. The number of aromatic nitrogens is 1. The molecule has 100 valence electrons. The van der Waals surface area contributed by atoms with Gasteiger partial charge in [-0.3, -0.25) is 0 Å². The number of anilines is 1. The number of nitrogens with zero attached hydrogens (tertiary/aromatic N) is 1. The van der Waals surface area contributed by atoms with E-state index < -0.39 is 0 Å². The quantitative estimate of drug-likeness (QED) is 0.907. The molecule has 1 aliphatic heterocycles. The van der Waals surface area contributed by atoms with Crippen LogP contribution in [0.5, 0.6) is 0 Å². The molecule has 0 aliphatic carbocycles. The van der Waals surface area contributed by atoms with Crippen molar-refractivity contribution in [3.63, 3.8) is 0 Å². The Morgan fingerprint density at radius 2 is 2.16 bits per heavy atom.